The summed E-state index contributed by atoms with van der Waals surface area (Å²) in [6, 6.07) is 10.2. The van der Waals surface area contributed by atoms with Gasteiger partial charge in [0.25, 0.3) is 0 Å². The van der Waals surface area contributed by atoms with Gasteiger partial charge in [-0.2, -0.15) is 0 Å². The Kier molecular flexibility index (Phi) is 2.36. The fraction of sp³-hybridized carbons (Fsp3) is 0. The molecule has 0 aliphatic heterocycles. The number of nitrogens with one attached hydrogen (secondary N) is 1. The second kappa shape index (κ2) is 3.52. The van der Waals surface area contributed by atoms with Crippen LogP contribution in [0.4, 0.5) is 0 Å². The number of aromatic amines is 1. The largest absolute Gasteiger partial charge is 0.392 e. The second-order valence-corrected chi connectivity index (χ2v) is 3.02. The number of para-hydroxylation sites is 1. The van der Waals surface area contributed by atoms with E-state index in [0.717, 1.165) is 11.0 Å². The Labute approximate surface area is 94.7 Å². The van der Waals surface area contributed by atoms with E-state index in [0.29, 0.717) is 0 Å². The van der Waals surface area contributed by atoms with Crippen molar-refractivity contribution in [3.05, 3.63) is 42.7 Å². The molecule has 0 atom stereocenters. The van der Waals surface area contributed by atoms with Crippen molar-refractivity contribution >= 4 is 21.8 Å². The van der Waals surface area contributed by atoms with Gasteiger partial charge in [0.1, 0.15) is 0 Å². The van der Waals surface area contributed by atoms with Gasteiger partial charge in [-0.05, 0) is 17.0 Å². The van der Waals surface area contributed by atoms with E-state index < -0.39 is 0 Å². The number of hydrogen-bond acceptors (Lipinski definition) is 1. The van der Waals surface area contributed by atoms with Gasteiger partial charge in [-0.25, -0.2) is 0 Å². The maximum Gasteiger partial charge on any atom is 0.0323 e. The van der Waals surface area contributed by atoms with Crippen molar-refractivity contribution in [1.29, 1.82) is 0 Å². The van der Waals surface area contributed by atoms with Gasteiger partial charge in [0.05, 0.1) is 0 Å². The quantitative estimate of drug-likeness (QED) is 0.614. The molecule has 1 N–H and O–H groups in total. The molecule has 1 radical (unpaired) electrons. The van der Waals surface area contributed by atoms with Crippen LogP contribution in [0.15, 0.2) is 36.5 Å². The Morgan fingerprint density at radius 1 is 1.07 bits per heavy atom. The number of H-pyrrole nitrogens is 1. The van der Waals surface area contributed by atoms with Crippen molar-refractivity contribution in [2.45, 2.75) is 0 Å². The molecule has 0 saturated carbocycles. The van der Waals surface area contributed by atoms with E-state index >= 15 is 0 Å². The van der Waals surface area contributed by atoms with Crippen molar-refractivity contribution in [3.63, 3.8) is 0 Å². The van der Waals surface area contributed by atoms with Crippen LogP contribution in [0.5, 0.6) is 0 Å². The summed E-state index contributed by atoms with van der Waals surface area (Å²) in [5.74, 6) is 0. The Bertz CT molecular complexity index is 521. The fourth-order valence-corrected chi connectivity index (χ4v) is 1.64. The average Bonchev–Trinajstić information content (AvgIpc) is 2.56. The molecule has 71 valence electrons. The number of benzene rings is 1. The fourth-order valence-electron chi connectivity index (χ4n) is 1.64. The third-order valence-corrected chi connectivity index (χ3v) is 2.24. The van der Waals surface area contributed by atoms with Gasteiger partial charge in [-0.3, -0.25) is 0 Å². The molecule has 0 aliphatic rings. The van der Waals surface area contributed by atoms with E-state index in [1.54, 1.807) is 6.20 Å². The molecular weight excluding hydrogens is 352 g/mol. The Morgan fingerprint density at radius 2 is 1.93 bits per heavy atom. The maximum absolute atomic E-state index is 3.95. The van der Waals surface area contributed by atoms with Gasteiger partial charge in [0.15, 0.2) is 0 Å². The molecule has 1 aromatic carbocycles. The van der Waals surface area contributed by atoms with Gasteiger partial charge < -0.3 is 9.97 Å². The molecule has 0 spiro atoms. The van der Waals surface area contributed by atoms with E-state index in [4.69, 9.17) is 0 Å². The summed E-state index contributed by atoms with van der Waals surface area (Å²) in [7, 11) is 0. The summed E-state index contributed by atoms with van der Waals surface area (Å²) in [6.45, 7) is 0. The third-order valence-electron chi connectivity index (χ3n) is 2.24. The van der Waals surface area contributed by atoms with Crippen LogP contribution in [0.1, 0.15) is 0 Å². The predicted molar refractivity (Wildman–Crippen MR) is 52.4 cm³/mol. The number of fused-ring (bicyclic) bond motifs is 3. The zero-order valence-electron chi connectivity index (χ0n) is 7.24. The number of hydrogen-bond donors (Lipinski definition) is 1. The second-order valence-electron chi connectivity index (χ2n) is 3.02. The van der Waals surface area contributed by atoms with Gasteiger partial charge >= 0.3 is 0 Å². The Morgan fingerprint density at radius 3 is 2.86 bits per heavy atom. The normalized spacial score (nSPS) is 10.3. The summed E-state index contributed by atoms with van der Waals surface area (Å²) in [5, 5.41) is 2.42. The third kappa shape index (κ3) is 1.26. The van der Waals surface area contributed by atoms with E-state index in [9.17, 15) is 0 Å². The van der Waals surface area contributed by atoms with Crippen LogP contribution in [0.2, 0.25) is 0 Å². The number of aromatic nitrogens is 2. The number of rotatable bonds is 0. The van der Waals surface area contributed by atoms with E-state index in [1.807, 2.05) is 18.2 Å². The summed E-state index contributed by atoms with van der Waals surface area (Å²) < 4.78 is 0. The van der Waals surface area contributed by atoms with Crippen molar-refractivity contribution in [1.82, 2.24) is 9.97 Å². The van der Waals surface area contributed by atoms with Crippen molar-refractivity contribution in [2.24, 2.45) is 0 Å². The van der Waals surface area contributed by atoms with Crippen LogP contribution < -0.4 is 0 Å². The van der Waals surface area contributed by atoms with Crippen LogP contribution in [-0.2, 0) is 20.1 Å². The van der Waals surface area contributed by atoms with Crippen molar-refractivity contribution in [2.75, 3.05) is 0 Å². The number of pyridine rings is 1. The topological polar surface area (TPSA) is 28.7 Å². The molecular formula is C11H7IrN2-. The molecule has 3 heteroatoms. The van der Waals surface area contributed by atoms with Crippen molar-refractivity contribution in [3.8, 4) is 0 Å². The number of nitrogens with zero attached hydrogens (tertiary/aromatic N) is 1. The summed E-state index contributed by atoms with van der Waals surface area (Å²) in [6.07, 6.45) is 4.70. The Balaban J connectivity index is 0.000000750. The first kappa shape index (κ1) is 9.38. The minimum absolute atomic E-state index is 0. The molecule has 0 bridgehead atoms. The van der Waals surface area contributed by atoms with E-state index in [1.165, 1.54) is 10.8 Å². The van der Waals surface area contributed by atoms with Crippen LogP contribution >= 0.6 is 0 Å². The van der Waals surface area contributed by atoms with E-state index in [-0.39, 0.29) is 20.1 Å². The molecule has 3 aromatic rings. The summed E-state index contributed by atoms with van der Waals surface area (Å²) in [4.78, 5) is 7.21. The first-order valence-corrected chi connectivity index (χ1v) is 4.18. The SMILES string of the molecule is [Ir].[c-]1nccc2c1[nH]c1ccccc12. The zero-order valence-corrected chi connectivity index (χ0v) is 9.64. The average molecular weight is 359 g/mol. The maximum atomic E-state index is 3.95. The molecule has 0 unspecified atom stereocenters. The van der Waals surface area contributed by atoms with Gasteiger partial charge in [-0.15, -0.1) is 6.07 Å². The molecule has 2 aromatic heterocycles. The summed E-state index contributed by atoms with van der Waals surface area (Å²) in [5.41, 5.74) is 2.12. The predicted octanol–water partition coefficient (Wildman–Crippen LogP) is 2.51. The van der Waals surface area contributed by atoms with Gasteiger partial charge in [-0.1, -0.05) is 36.0 Å². The smallest absolute Gasteiger partial charge is 0.0323 e. The van der Waals surface area contributed by atoms with Gasteiger partial charge in [0.2, 0.25) is 0 Å². The molecule has 3 rings (SSSR count). The van der Waals surface area contributed by atoms with Crippen molar-refractivity contribution < 1.29 is 20.1 Å². The summed E-state index contributed by atoms with van der Waals surface area (Å²) >= 11 is 0. The zero-order chi connectivity index (χ0) is 8.67. The van der Waals surface area contributed by atoms with Crippen LogP contribution in [0.3, 0.4) is 0 Å². The Hall–Kier alpha value is -1.18. The minimum atomic E-state index is 0. The first-order chi connectivity index (χ1) is 6.45. The monoisotopic (exact) mass is 360 g/mol. The molecule has 0 saturated heterocycles. The molecule has 2 nitrogen and oxygen atoms in total. The van der Waals surface area contributed by atoms with Crippen LogP contribution in [0, 0.1) is 6.20 Å². The minimum Gasteiger partial charge on any atom is -0.392 e. The van der Waals surface area contributed by atoms with Gasteiger partial charge in [0, 0.05) is 25.6 Å². The van der Waals surface area contributed by atoms with E-state index in [2.05, 4.69) is 28.3 Å². The molecule has 2 heterocycles. The molecule has 0 aliphatic carbocycles. The van der Waals surface area contributed by atoms with Crippen LogP contribution in [-0.4, -0.2) is 9.97 Å². The molecule has 0 amide bonds. The molecule has 14 heavy (non-hydrogen) atoms. The first-order valence-electron chi connectivity index (χ1n) is 4.18. The standard InChI is InChI=1S/C11H7N2.Ir/c1-2-4-10-8(3-1)9-5-6-12-7-11(9)13-10;/h1-6,13H;/q-1;. The van der Waals surface area contributed by atoms with Crippen LogP contribution in [0.25, 0.3) is 21.8 Å². The molecule has 0 fully saturated rings.